The average Bonchev–Trinajstić information content (AvgIpc) is 3.26. The number of carbonyl (C=O) groups is 1. The van der Waals surface area contributed by atoms with Gasteiger partial charge in [-0.2, -0.15) is 0 Å². The van der Waals surface area contributed by atoms with Crippen molar-refractivity contribution in [2.24, 2.45) is 0 Å². The first-order valence-electron chi connectivity index (χ1n) is 9.75. The second-order valence-electron chi connectivity index (χ2n) is 7.03. The van der Waals surface area contributed by atoms with Crippen molar-refractivity contribution in [2.45, 2.75) is 18.6 Å². The van der Waals surface area contributed by atoms with Gasteiger partial charge in [-0.15, -0.1) is 11.3 Å². The Labute approximate surface area is 198 Å². The number of nitrogens with one attached hydrogen (secondary N) is 1. The normalized spacial score (nSPS) is 11.0. The maximum Gasteiger partial charge on any atom is 0.272 e. The SMILES string of the molecule is COc1ccccc1Cn1c(SCC(=O)Nc2cc(Cl)ccc2C)nc2ccsc2c1=O. The molecule has 0 atom stereocenters. The number of ether oxygens (including phenoxy) is 1. The molecule has 0 radical (unpaired) electrons. The number of para-hydroxylation sites is 1. The van der Waals surface area contributed by atoms with E-state index in [0.717, 1.165) is 11.1 Å². The van der Waals surface area contributed by atoms with Crippen molar-refractivity contribution < 1.29 is 9.53 Å². The van der Waals surface area contributed by atoms with Gasteiger partial charge in [-0.1, -0.05) is 47.6 Å². The van der Waals surface area contributed by atoms with Crippen molar-refractivity contribution in [2.75, 3.05) is 18.2 Å². The van der Waals surface area contributed by atoms with Crippen LogP contribution in [0.2, 0.25) is 5.02 Å². The molecule has 0 bridgehead atoms. The van der Waals surface area contributed by atoms with Gasteiger partial charge in [-0.05, 0) is 42.1 Å². The highest BCUT2D eigenvalue weighted by Crippen LogP contribution is 2.25. The third-order valence-electron chi connectivity index (χ3n) is 4.86. The average molecular weight is 486 g/mol. The number of fused-ring (bicyclic) bond motifs is 1. The van der Waals surface area contributed by atoms with Crippen LogP contribution in [0.25, 0.3) is 10.2 Å². The molecule has 4 rings (SSSR count). The van der Waals surface area contributed by atoms with Crippen LogP contribution in [-0.2, 0) is 11.3 Å². The molecule has 2 heterocycles. The van der Waals surface area contributed by atoms with E-state index in [0.29, 0.717) is 38.4 Å². The highest BCUT2D eigenvalue weighted by atomic mass is 35.5. The monoisotopic (exact) mass is 485 g/mol. The number of aryl methyl sites for hydroxylation is 1. The molecule has 0 aliphatic rings. The second-order valence-corrected chi connectivity index (χ2v) is 9.32. The van der Waals surface area contributed by atoms with Gasteiger partial charge in [0.15, 0.2) is 5.16 Å². The molecule has 4 aromatic rings. The molecule has 0 saturated heterocycles. The van der Waals surface area contributed by atoms with Crippen molar-refractivity contribution in [1.82, 2.24) is 9.55 Å². The molecule has 164 valence electrons. The molecule has 2 aromatic carbocycles. The maximum atomic E-state index is 13.2. The van der Waals surface area contributed by atoms with Crippen molar-refractivity contribution in [3.05, 3.63) is 80.4 Å². The van der Waals surface area contributed by atoms with Gasteiger partial charge in [0, 0.05) is 16.3 Å². The van der Waals surface area contributed by atoms with Crippen LogP contribution in [0, 0.1) is 6.92 Å². The first-order chi connectivity index (χ1) is 15.5. The number of aromatic nitrogens is 2. The summed E-state index contributed by atoms with van der Waals surface area (Å²) in [5.41, 5.74) is 2.93. The van der Waals surface area contributed by atoms with E-state index in [-0.39, 0.29) is 17.2 Å². The molecule has 1 N–H and O–H groups in total. The summed E-state index contributed by atoms with van der Waals surface area (Å²) >= 11 is 8.62. The minimum atomic E-state index is -0.205. The quantitative estimate of drug-likeness (QED) is 0.287. The number of halogens is 1. The lowest BCUT2D eigenvalue weighted by Crippen LogP contribution is -2.24. The van der Waals surface area contributed by atoms with Gasteiger partial charge in [0.05, 0.1) is 24.9 Å². The van der Waals surface area contributed by atoms with Crippen LogP contribution < -0.4 is 15.6 Å². The third-order valence-corrected chi connectivity index (χ3v) is 6.96. The number of methoxy groups -OCH3 is 1. The van der Waals surface area contributed by atoms with Gasteiger partial charge >= 0.3 is 0 Å². The Kier molecular flexibility index (Phi) is 6.83. The molecule has 32 heavy (non-hydrogen) atoms. The Balaban J connectivity index is 1.61. The molecule has 0 spiro atoms. The predicted molar refractivity (Wildman–Crippen MR) is 132 cm³/mol. The zero-order valence-electron chi connectivity index (χ0n) is 17.4. The minimum absolute atomic E-state index is 0.0972. The van der Waals surface area contributed by atoms with E-state index >= 15 is 0 Å². The molecule has 1 amide bonds. The number of amides is 1. The number of hydrogen-bond acceptors (Lipinski definition) is 6. The number of thioether (sulfide) groups is 1. The van der Waals surface area contributed by atoms with E-state index < -0.39 is 0 Å². The number of nitrogens with zero attached hydrogens (tertiary/aromatic N) is 2. The van der Waals surface area contributed by atoms with Gasteiger partial charge in [0.25, 0.3) is 5.56 Å². The van der Waals surface area contributed by atoms with Gasteiger partial charge < -0.3 is 10.1 Å². The van der Waals surface area contributed by atoms with Crippen molar-refractivity contribution in [1.29, 1.82) is 0 Å². The molecule has 0 fully saturated rings. The summed E-state index contributed by atoms with van der Waals surface area (Å²) in [5, 5.41) is 5.75. The molecule has 0 unspecified atom stereocenters. The zero-order valence-corrected chi connectivity index (χ0v) is 19.8. The molecule has 6 nitrogen and oxygen atoms in total. The molecule has 0 saturated carbocycles. The first kappa shape index (κ1) is 22.4. The lowest BCUT2D eigenvalue weighted by molar-refractivity contribution is -0.113. The smallest absolute Gasteiger partial charge is 0.272 e. The maximum absolute atomic E-state index is 13.2. The molecule has 0 aliphatic heterocycles. The summed E-state index contributed by atoms with van der Waals surface area (Å²) in [6.45, 7) is 2.19. The summed E-state index contributed by atoms with van der Waals surface area (Å²) < 4.78 is 7.62. The van der Waals surface area contributed by atoms with Gasteiger partial charge in [-0.25, -0.2) is 4.98 Å². The van der Waals surface area contributed by atoms with Crippen LogP contribution in [0.1, 0.15) is 11.1 Å². The predicted octanol–water partition coefficient (Wildman–Crippen LogP) is 5.21. The van der Waals surface area contributed by atoms with Crippen LogP contribution in [0.4, 0.5) is 5.69 Å². The van der Waals surface area contributed by atoms with E-state index in [9.17, 15) is 9.59 Å². The summed E-state index contributed by atoms with van der Waals surface area (Å²) in [6, 6.07) is 14.7. The number of benzene rings is 2. The Morgan fingerprint density at radius 2 is 2.06 bits per heavy atom. The van der Waals surface area contributed by atoms with Crippen LogP contribution in [0.15, 0.2) is 63.9 Å². The highest BCUT2D eigenvalue weighted by molar-refractivity contribution is 7.99. The lowest BCUT2D eigenvalue weighted by Gasteiger charge is -2.14. The number of hydrogen-bond donors (Lipinski definition) is 1. The largest absolute Gasteiger partial charge is 0.496 e. The van der Waals surface area contributed by atoms with Crippen molar-refractivity contribution >= 4 is 56.5 Å². The number of anilines is 1. The van der Waals surface area contributed by atoms with E-state index in [1.807, 2.05) is 48.7 Å². The molecular formula is C23H20ClN3O3S2. The number of rotatable bonds is 7. The Morgan fingerprint density at radius 1 is 1.25 bits per heavy atom. The summed E-state index contributed by atoms with van der Waals surface area (Å²) in [5.74, 6) is 0.583. The van der Waals surface area contributed by atoms with Crippen LogP contribution in [-0.4, -0.2) is 28.3 Å². The van der Waals surface area contributed by atoms with Gasteiger partial charge in [0.1, 0.15) is 10.4 Å². The molecular weight excluding hydrogens is 466 g/mol. The molecule has 9 heteroatoms. The summed E-state index contributed by atoms with van der Waals surface area (Å²) in [7, 11) is 1.60. The van der Waals surface area contributed by atoms with Gasteiger partial charge in [0.2, 0.25) is 5.91 Å². The highest BCUT2D eigenvalue weighted by Gasteiger charge is 2.16. The van der Waals surface area contributed by atoms with Crippen molar-refractivity contribution in [3.63, 3.8) is 0 Å². The Bertz CT molecular complexity index is 1350. The fraction of sp³-hybridized carbons (Fsp3) is 0.174. The van der Waals surface area contributed by atoms with Crippen LogP contribution in [0.5, 0.6) is 5.75 Å². The lowest BCUT2D eigenvalue weighted by atomic mass is 10.2. The first-order valence-corrected chi connectivity index (χ1v) is 12.0. The van der Waals surface area contributed by atoms with Crippen molar-refractivity contribution in [3.8, 4) is 5.75 Å². The fourth-order valence-corrected chi connectivity index (χ4v) is 4.97. The summed E-state index contributed by atoms with van der Waals surface area (Å²) in [4.78, 5) is 30.5. The topological polar surface area (TPSA) is 73.2 Å². The van der Waals surface area contributed by atoms with Crippen LogP contribution in [0.3, 0.4) is 0 Å². The number of carbonyl (C=O) groups excluding carboxylic acids is 1. The Hall–Kier alpha value is -2.81. The molecule has 2 aromatic heterocycles. The number of thiophene rings is 1. The standard InChI is InChI=1S/C23H20ClN3O3S2/c1-14-7-8-16(24)11-18(14)25-20(28)13-32-23-26-17-9-10-31-21(17)22(29)27(23)12-15-5-3-4-6-19(15)30-2/h3-11H,12-13H2,1-2H3,(H,25,28). The van der Waals surface area contributed by atoms with E-state index in [1.165, 1.54) is 23.1 Å². The molecule has 0 aliphatic carbocycles. The second kappa shape index (κ2) is 9.77. The van der Waals surface area contributed by atoms with Crippen LogP contribution >= 0.6 is 34.7 Å². The Morgan fingerprint density at radius 3 is 2.88 bits per heavy atom. The zero-order chi connectivity index (χ0) is 22.7. The van der Waals surface area contributed by atoms with E-state index in [2.05, 4.69) is 10.3 Å². The fourth-order valence-electron chi connectivity index (χ4n) is 3.22. The van der Waals surface area contributed by atoms with E-state index in [1.54, 1.807) is 23.8 Å². The summed E-state index contributed by atoms with van der Waals surface area (Å²) in [6.07, 6.45) is 0. The third kappa shape index (κ3) is 4.82. The van der Waals surface area contributed by atoms with E-state index in [4.69, 9.17) is 16.3 Å². The minimum Gasteiger partial charge on any atom is -0.496 e. The van der Waals surface area contributed by atoms with Gasteiger partial charge in [-0.3, -0.25) is 14.2 Å².